The van der Waals surface area contributed by atoms with Gasteiger partial charge in [-0.1, -0.05) is 52.5 Å². The number of aromatic nitrogens is 2. The van der Waals surface area contributed by atoms with E-state index in [4.69, 9.17) is 46.4 Å². The molecule has 0 saturated heterocycles. The van der Waals surface area contributed by atoms with Gasteiger partial charge in [0.05, 0.1) is 26.3 Å². The second kappa shape index (κ2) is 7.68. The quantitative estimate of drug-likeness (QED) is 0.604. The van der Waals surface area contributed by atoms with E-state index in [1.54, 1.807) is 24.3 Å². The van der Waals surface area contributed by atoms with Gasteiger partial charge < -0.3 is 5.32 Å². The number of benzene rings is 2. The third-order valence-corrected chi connectivity index (χ3v) is 4.76. The Hall–Kier alpha value is -2.05. The molecule has 1 amide bonds. The van der Waals surface area contributed by atoms with Crippen molar-refractivity contribution in [3.05, 3.63) is 80.0 Å². The molecular weight excluding hydrogens is 420 g/mol. The average Bonchev–Trinajstić information content (AvgIpc) is 3.08. The van der Waals surface area contributed by atoms with Crippen molar-refractivity contribution in [1.29, 1.82) is 0 Å². The van der Waals surface area contributed by atoms with Crippen LogP contribution in [-0.4, -0.2) is 21.6 Å². The van der Waals surface area contributed by atoms with Gasteiger partial charge in [0, 0.05) is 11.2 Å². The minimum absolute atomic E-state index is 0.0273. The molecular formula is C17H9Cl4N3O2. The van der Waals surface area contributed by atoms with Crippen molar-refractivity contribution in [2.45, 2.75) is 0 Å². The molecule has 0 aliphatic carbocycles. The van der Waals surface area contributed by atoms with Crippen molar-refractivity contribution in [3.63, 3.8) is 0 Å². The van der Waals surface area contributed by atoms with Crippen LogP contribution >= 0.6 is 46.4 Å². The molecule has 0 spiro atoms. The summed E-state index contributed by atoms with van der Waals surface area (Å²) in [5, 5.41) is 7.70. The standard InChI is InChI=1S/C17H9Cl4N3O2/c18-9-4-5-10(12(20)8-9)17(26)24-7-6-14(23-24)16(25)22-13-3-1-2-11(19)15(13)21/h1-8H,(H,22,25). The first-order valence-corrected chi connectivity index (χ1v) is 8.69. The molecule has 0 radical (unpaired) electrons. The highest BCUT2D eigenvalue weighted by Crippen LogP contribution is 2.29. The zero-order chi connectivity index (χ0) is 18.8. The third-order valence-electron chi connectivity index (χ3n) is 3.39. The highest BCUT2D eigenvalue weighted by atomic mass is 35.5. The average molecular weight is 429 g/mol. The molecule has 0 bridgehead atoms. The molecule has 0 saturated carbocycles. The van der Waals surface area contributed by atoms with Crippen LogP contribution in [0.25, 0.3) is 0 Å². The van der Waals surface area contributed by atoms with Gasteiger partial charge >= 0.3 is 0 Å². The van der Waals surface area contributed by atoms with Crippen LogP contribution in [0.5, 0.6) is 0 Å². The Morgan fingerprint density at radius 3 is 2.46 bits per heavy atom. The maximum atomic E-state index is 12.5. The third kappa shape index (κ3) is 3.86. The number of nitrogens with zero attached hydrogens (tertiary/aromatic N) is 2. The van der Waals surface area contributed by atoms with Crippen LogP contribution in [0.15, 0.2) is 48.7 Å². The van der Waals surface area contributed by atoms with Gasteiger partial charge in [0.2, 0.25) is 0 Å². The Balaban J connectivity index is 1.82. The molecule has 0 atom stereocenters. The summed E-state index contributed by atoms with van der Waals surface area (Å²) in [6.45, 7) is 0. The fraction of sp³-hybridized carbons (Fsp3) is 0. The van der Waals surface area contributed by atoms with Crippen molar-refractivity contribution < 1.29 is 9.59 Å². The monoisotopic (exact) mass is 427 g/mol. The van der Waals surface area contributed by atoms with E-state index in [0.717, 1.165) is 4.68 Å². The van der Waals surface area contributed by atoms with E-state index in [0.29, 0.717) is 15.7 Å². The van der Waals surface area contributed by atoms with Crippen molar-refractivity contribution in [2.24, 2.45) is 0 Å². The van der Waals surface area contributed by atoms with Crippen molar-refractivity contribution in [1.82, 2.24) is 9.78 Å². The van der Waals surface area contributed by atoms with Gasteiger partial charge in [-0.25, -0.2) is 4.68 Å². The molecule has 1 heterocycles. The van der Waals surface area contributed by atoms with Gasteiger partial charge in [0.15, 0.2) is 5.69 Å². The Morgan fingerprint density at radius 2 is 1.73 bits per heavy atom. The Morgan fingerprint density at radius 1 is 0.962 bits per heavy atom. The van der Waals surface area contributed by atoms with E-state index in [-0.39, 0.29) is 21.3 Å². The Labute approximate surface area is 168 Å². The summed E-state index contributed by atoms with van der Waals surface area (Å²) in [7, 11) is 0. The maximum absolute atomic E-state index is 12.5. The normalized spacial score (nSPS) is 10.6. The lowest BCUT2D eigenvalue weighted by Gasteiger charge is -2.06. The zero-order valence-corrected chi connectivity index (χ0v) is 15.9. The Kier molecular flexibility index (Phi) is 5.53. The number of nitrogens with one attached hydrogen (secondary N) is 1. The van der Waals surface area contributed by atoms with Crippen LogP contribution in [-0.2, 0) is 0 Å². The summed E-state index contributed by atoms with van der Waals surface area (Å²) in [4.78, 5) is 24.8. The minimum atomic E-state index is -0.539. The van der Waals surface area contributed by atoms with Gasteiger partial charge in [0.25, 0.3) is 11.8 Å². The molecule has 1 N–H and O–H groups in total. The van der Waals surface area contributed by atoms with E-state index >= 15 is 0 Å². The second-order valence-electron chi connectivity index (χ2n) is 5.13. The molecule has 3 aromatic rings. The summed E-state index contributed by atoms with van der Waals surface area (Å²) in [6, 6.07) is 10.7. The number of anilines is 1. The first-order valence-electron chi connectivity index (χ1n) is 7.17. The summed E-state index contributed by atoms with van der Waals surface area (Å²) < 4.78 is 1.02. The molecule has 0 fully saturated rings. The topological polar surface area (TPSA) is 64.0 Å². The van der Waals surface area contributed by atoms with Crippen LogP contribution < -0.4 is 5.32 Å². The van der Waals surface area contributed by atoms with Gasteiger partial charge in [-0.15, -0.1) is 0 Å². The lowest BCUT2D eigenvalue weighted by molar-refractivity contribution is 0.0944. The maximum Gasteiger partial charge on any atom is 0.279 e. The molecule has 0 aliphatic heterocycles. The fourth-order valence-corrected chi connectivity index (χ4v) is 2.97. The highest BCUT2D eigenvalue weighted by Gasteiger charge is 2.17. The van der Waals surface area contributed by atoms with E-state index in [1.165, 1.54) is 24.4 Å². The van der Waals surface area contributed by atoms with Gasteiger partial charge in [0.1, 0.15) is 0 Å². The number of carbonyl (C=O) groups is 2. The van der Waals surface area contributed by atoms with E-state index in [1.807, 2.05) is 0 Å². The first kappa shape index (κ1) is 18.7. The van der Waals surface area contributed by atoms with Crippen LogP contribution in [0, 0.1) is 0 Å². The van der Waals surface area contributed by atoms with Crippen LogP contribution in [0.2, 0.25) is 20.1 Å². The fourth-order valence-electron chi connectivity index (χ4n) is 2.13. The smallest absolute Gasteiger partial charge is 0.279 e. The minimum Gasteiger partial charge on any atom is -0.319 e. The largest absolute Gasteiger partial charge is 0.319 e. The van der Waals surface area contributed by atoms with E-state index < -0.39 is 11.8 Å². The first-order chi connectivity index (χ1) is 12.4. The summed E-state index contributed by atoms with van der Waals surface area (Å²) >= 11 is 23.8. The zero-order valence-electron chi connectivity index (χ0n) is 12.8. The number of amides is 1. The number of hydrogen-bond donors (Lipinski definition) is 1. The molecule has 9 heteroatoms. The van der Waals surface area contributed by atoms with E-state index in [9.17, 15) is 9.59 Å². The lowest BCUT2D eigenvalue weighted by Crippen LogP contribution is -2.17. The van der Waals surface area contributed by atoms with E-state index in [2.05, 4.69) is 10.4 Å². The second-order valence-corrected chi connectivity index (χ2v) is 6.76. The van der Waals surface area contributed by atoms with Gasteiger partial charge in [-0.05, 0) is 36.4 Å². The Bertz CT molecular complexity index is 1020. The van der Waals surface area contributed by atoms with Crippen molar-refractivity contribution >= 4 is 63.9 Å². The van der Waals surface area contributed by atoms with Crippen LogP contribution in [0.3, 0.4) is 0 Å². The number of rotatable bonds is 3. The lowest BCUT2D eigenvalue weighted by atomic mass is 10.2. The van der Waals surface area contributed by atoms with Gasteiger partial charge in [-0.3, -0.25) is 9.59 Å². The number of halogens is 4. The molecule has 5 nitrogen and oxygen atoms in total. The van der Waals surface area contributed by atoms with Crippen molar-refractivity contribution in [3.8, 4) is 0 Å². The van der Waals surface area contributed by atoms with Crippen molar-refractivity contribution in [2.75, 3.05) is 5.32 Å². The molecule has 1 aromatic heterocycles. The highest BCUT2D eigenvalue weighted by molar-refractivity contribution is 6.44. The summed E-state index contributed by atoms with van der Waals surface area (Å²) in [5.74, 6) is -1.03. The molecule has 2 aromatic carbocycles. The predicted octanol–water partition coefficient (Wildman–Crippen LogP) is 5.44. The van der Waals surface area contributed by atoms with Gasteiger partial charge in [-0.2, -0.15) is 5.10 Å². The number of carbonyl (C=O) groups excluding carboxylic acids is 2. The van der Waals surface area contributed by atoms with Crippen LogP contribution in [0.1, 0.15) is 20.8 Å². The molecule has 3 rings (SSSR count). The molecule has 0 unspecified atom stereocenters. The van der Waals surface area contributed by atoms with Crippen LogP contribution in [0.4, 0.5) is 5.69 Å². The molecule has 26 heavy (non-hydrogen) atoms. The summed E-state index contributed by atoms with van der Waals surface area (Å²) in [6.07, 6.45) is 1.36. The molecule has 132 valence electrons. The summed E-state index contributed by atoms with van der Waals surface area (Å²) in [5.41, 5.74) is 0.578. The molecule has 0 aliphatic rings. The number of hydrogen-bond acceptors (Lipinski definition) is 3. The SMILES string of the molecule is O=C(Nc1cccc(Cl)c1Cl)c1ccn(C(=O)c2ccc(Cl)cc2Cl)n1. The predicted molar refractivity (Wildman–Crippen MR) is 103 cm³/mol.